The molecule has 0 bridgehead atoms. The molecule has 2 N–H and O–H groups in total. The van der Waals surface area contributed by atoms with Crippen molar-refractivity contribution in [3.8, 4) is 0 Å². The molecule has 1 fully saturated rings. The molecule has 0 heterocycles. The molecule has 1 aromatic carbocycles. The van der Waals surface area contributed by atoms with E-state index in [0.717, 1.165) is 31.2 Å². The third kappa shape index (κ3) is 3.80. The van der Waals surface area contributed by atoms with Gasteiger partial charge in [0, 0.05) is 6.54 Å². The first kappa shape index (κ1) is 14.1. The van der Waals surface area contributed by atoms with Gasteiger partial charge in [0.15, 0.2) is 0 Å². The predicted molar refractivity (Wildman–Crippen MR) is 75.8 cm³/mol. The monoisotopic (exact) mass is 261 g/mol. The Hall–Kier alpha value is -1.35. The Morgan fingerprint density at radius 2 is 2.11 bits per heavy atom. The molecule has 1 aromatic rings. The van der Waals surface area contributed by atoms with Gasteiger partial charge in [-0.05, 0) is 37.2 Å². The first-order valence-electron chi connectivity index (χ1n) is 7.21. The van der Waals surface area contributed by atoms with Gasteiger partial charge in [-0.25, -0.2) is 0 Å². The van der Waals surface area contributed by atoms with Gasteiger partial charge in [-0.15, -0.1) is 0 Å². The van der Waals surface area contributed by atoms with Crippen molar-refractivity contribution in [1.29, 1.82) is 0 Å². The first-order valence-corrected chi connectivity index (χ1v) is 7.21. The topological polar surface area (TPSA) is 49.3 Å². The second-order valence-corrected chi connectivity index (χ2v) is 5.45. The number of rotatable bonds is 5. The number of carbonyl (C=O) groups is 1. The molecular weight excluding hydrogens is 238 g/mol. The van der Waals surface area contributed by atoms with Gasteiger partial charge in [-0.1, -0.05) is 37.3 Å². The van der Waals surface area contributed by atoms with Crippen LogP contribution in [-0.2, 0) is 4.79 Å². The van der Waals surface area contributed by atoms with Gasteiger partial charge in [0.2, 0.25) is 5.91 Å². The number of carbonyl (C=O) groups excluding carboxylic acids is 1. The average Bonchev–Trinajstić information content (AvgIpc) is 2.84. The molecule has 1 aliphatic carbocycles. The lowest BCUT2D eigenvalue weighted by Gasteiger charge is -2.17. The van der Waals surface area contributed by atoms with Gasteiger partial charge in [0.1, 0.15) is 0 Å². The number of amides is 1. The van der Waals surface area contributed by atoms with Crippen LogP contribution in [-0.4, -0.2) is 23.7 Å². The maximum Gasteiger partial charge on any atom is 0.227 e. The van der Waals surface area contributed by atoms with E-state index in [9.17, 15) is 9.90 Å². The third-order valence-electron chi connectivity index (χ3n) is 4.01. The van der Waals surface area contributed by atoms with Crippen molar-refractivity contribution in [2.75, 3.05) is 6.54 Å². The van der Waals surface area contributed by atoms with Crippen molar-refractivity contribution >= 4 is 5.91 Å². The summed E-state index contributed by atoms with van der Waals surface area (Å²) < 4.78 is 0. The number of aliphatic hydroxyl groups is 1. The molecule has 0 aromatic heterocycles. The van der Waals surface area contributed by atoms with Crippen LogP contribution in [0.15, 0.2) is 30.3 Å². The first-order chi connectivity index (χ1) is 9.20. The van der Waals surface area contributed by atoms with Gasteiger partial charge in [-0.3, -0.25) is 4.79 Å². The Morgan fingerprint density at radius 3 is 2.68 bits per heavy atom. The van der Waals surface area contributed by atoms with E-state index in [0.29, 0.717) is 12.5 Å². The van der Waals surface area contributed by atoms with Crippen LogP contribution in [0.1, 0.15) is 44.1 Å². The Bertz CT molecular complexity index is 404. The predicted octanol–water partition coefficient (Wildman–Crippen LogP) is 2.46. The van der Waals surface area contributed by atoms with Crippen molar-refractivity contribution in [3.63, 3.8) is 0 Å². The highest BCUT2D eigenvalue weighted by Gasteiger charge is 2.24. The summed E-state index contributed by atoms with van der Waals surface area (Å²) in [5.74, 6) is 0.481. The Morgan fingerprint density at radius 1 is 1.37 bits per heavy atom. The van der Waals surface area contributed by atoms with Crippen molar-refractivity contribution in [3.05, 3.63) is 35.9 Å². The van der Waals surface area contributed by atoms with Crippen molar-refractivity contribution < 1.29 is 9.90 Å². The van der Waals surface area contributed by atoms with Gasteiger partial charge < -0.3 is 10.4 Å². The second kappa shape index (κ2) is 6.71. The van der Waals surface area contributed by atoms with E-state index in [1.165, 1.54) is 0 Å². The summed E-state index contributed by atoms with van der Waals surface area (Å²) in [6.07, 6.45) is 3.35. The average molecular weight is 261 g/mol. The zero-order valence-electron chi connectivity index (χ0n) is 11.5. The maximum atomic E-state index is 12.2. The number of hydrogen-bond donors (Lipinski definition) is 2. The number of benzene rings is 1. The summed E-state index contributed by atoms with van der Waals surface area (Å²) in [4.78, 5) is 12.2. The van der Waals surface area contributed by atoms with Gasteiger partial charge in [0.05, 0.1) is 12.0 Å². The molecule has 3 nitrogen and oxygen atoms in total. The molecule has 0 saturated heterocycles. The van der Waals surface area contributed by atoms with E-state index in [2.05, 4.69) is 5.32 Å². The molecule has 3 atom stereocenters. The van der Waals surface area contributed by atoms with E-state index >= 15 is 0 Å². The number of nitrogens with one attached hydrogen (secondary N) is 1. The van der Waals surface area contributed by atoms with Gasteiger partial charge in [0.25, 0.3) is 0 Å². The van der Waals surface area contributed by atoms with Crippen LogP contribution in [0.2, 0.25) is 0 Å². The van der Waals surface area contributed by atoms with Crippen molar-refractivity contribution in [2.24, 2.45) is 5.92 Å². The largest absolute Gasteiger partial charge is 0.393 e. The Kier molecular flexibility index (Phi) is 4.97. The SMILES string of the molecule is CCC(C(=O)NCC1CCC(O)C1)c1ccccc1. The summed E-state index contributed by atoms with van der Waals surface area (Å²) in [6, 6.07) is 9.92. The van der Waals surface area contributed by atoms with E-state index < -0.39 is 0 Å². The highest BCUT2D eigenvalue weighted by atomic mass is 16.3. The minimum absolute atomic E-state index is 0.0625. The molecular formula is C16H23NO2. The van der Waals surface area contributed by atoms with Crippen LogP contribution in [0.3, 0.4) is 0 Å². The fraction of sp³-hybridized carbons (Fsp3) is 0.562. The summed E-state index contributed by atoms with van der Waals surface area (Å²) in [5.41, 5.74) is 1.08. The van der Waals surface area contributed by atoms with Crippen LogP contribution in [0.4, 0.5) is 0 Å². The molecule has 0 radical (unpaired) electrons. The van der Waals surface area contributed by atoms with Crippen molar-refractivity contribution in [1.82, 2.24) is 5.32 Å². The van der Waals surface area contributed by atoms with E-state index in [1.54, 1.807) is 0 Å². The molecule has 1 saturated carbocycles. The van der Waals surface area contributed by atoms with Crippen LogP contribution < -0.4 is 5.32 Å². The minimum atomic E-state index is -0.169. The number of hydrogen-bond acceptors (Lipinski definition) is 2. The molecule has 3 heteroatoms. The van der Waals surface area contributed by atoms with Crippen LogP contribution in [0.5, 0.6) is 0 Å². The summed E-state index contributed by atoms with van der Waals surface area (Å²) in [5, 5.41) is 12.5. The molecule has 0 aliphatic heterocycles. The molecule has 0 spiro atoms. The maximum absolute atomic E-state index is 12.2. The summed E-state index contributed by atoms with van der Waals surface area (Å²) in [7, 11) is 0. The fourth-order valence-corrected chi connectivity index (χ4v) is 2.86. The lowest BCUT2D eigenvalue weighted by Crippen LogP contribution is -2.32. The van der Waals surface area contributed by atoms with Crippen LogP contribution in [0, 0.1) is 5.92 Å². The third-order valence-corrected chi connectivity index (χ3v) is 4.01. The Balaban J connectivity index is 1.87. The molecule has 2 rings (SSSR count). The lowest BCUT2D eigenvalue weighted by atomic mass is 9.95. The summed E-state index contributed by atoms with van der Waals surface area (Å²) in [6.45, 7) is 2.73. The van der Waals surface area contributed by atoms with Crippen LogP contribution in [0.25, 0.3) is 0 Å². The normalized spacial score (nSPS) is 24.1. The van der Waals surface area contributed by atoms with Crippen molar-refractivity contribution in [2.45, 2.75) is 44.6 Å². The highest BCUT2D eigenvalue weighted by molar-refractivity contribution is 5.83. The van der Waals surface area contributed by atoms with Gasteiger partial charge in [-0.2, -0.15) is 0 Å². The van der Waals surface area contributed by atoms with Gasteiger partial charge >= 0.3 is 0 Å². The van der Waals surface area contributed by atoms with Crippen LogP contribution >= 0.6 is 0 Å². The second-order valence-electron chi connectivity index (χ2n) is 5.45. The molecule has 19 heavy (non-hydrogen) atoms. The smallest absolute Gasteiger partial charge is 0.227 e. The quantitative estimate of drug-likeness (QED) is 0.855. The molecule has 104 valence electrons. The zero-order valence-corrected chi connectivity index (χ0v) is 11.5. The summed E-state index contributed by atoms with van der Waals surface area (Å²) >= 11 is 0. The van der Waals surface area contributed by atoms with E-state index in [4.69, 9.17) is 0 Å². The van der Waals surface area contributed by atoms with E-state index in [-0.39, 0.29) is 17.9 Å². The zero-order chi connectivity index (χ0) is 13.7. The highest BCUT2D eigenvalue weighted by Crippen LogP contribution is 2.25. The minimum Gasteiger partial charge on any atom is -0.393 e. The Labute approximate surface area is 115 Å². The fourth-order valence-electron chi connectivity index (χ4n) is 2.86. The number of aliphatic hydroxyl groups excluding tert-OH is 1. The molecule has 1 amide bonds. The van der Waals surface area contributed by atoms with E-state index in [1.807, 2.05) is 37.3 Å². The standard InChI is InChI=1S/C16H23NO2/c1-2-15(13-6-4-3-5-7-13)16(19)17-11-12-8-9-14(18)10-12/h3-7,12,14-15,18H,2,8-11H2,1H3,(H,17,19). The molecule has 1 aliphatic rings. The molecule has 3 unspecified atom stereocenters. The lowest BCUT2D eigenvalue weighted by molar-refractivity contribution is -0.122.